The summed E-state index contributed by atoms with van der Waals surface area (Å²) >= 11 is 1.42. The van der Waals surface area contributed by atoms with Crippen molar-refractivity contribution in [2.45, 2.75) is 26.2 Å². The van der Waals surface area contributed by atoms with Crippen molar-refractivity contribution >= 4 is 17.3 Å². The summed E-state index contributed by atoms with van der Waals surface area (Å²) in [4.78, 5) is 13.1. The molecule has 0 atom stereocenters. The van der Waals surface area contributed by atoms with Gasteiger partial charge in [-0.1, -0.05) is 20.8 Å². The Morgan fingerprint density at radius 3 is 2.33 bits per heavy atom. The standard InChI is InChI=1S/C11H16O3S/c1-11(2,3)8-6-7(13-4)9(15-8)10(12)14-5/h6H,1-5H3. The number of carbonyl (C=O) groups is 1. The van der Waals surface area contributed by atoms with Crippen LogP contribution in [0, 0.1) is 0 Å². The van der Waals surface area contributed by atoms with Gasteiger partial charge >= 0.3 is 5.97 Å². The van der Waals surface area contributed by atoms with Gasteiger partial charge in [-0.25, -0.2) is 4.79 Å². The number of rotatable bonds is 2. The summed E-state index contributed by atoms with van der Waals surface area (Å²) in [6.45, 7) is 6.29. The summed E-state index contributed by atoms with van der Waals surface area (Å²) < 4.78 is 9.85. The van der Waals surface area contributed by atoms with Gasteiger partial charge < -0.3 is 9.47 Å². The molecule has 0 aliphatic heterocycles. The van der Waals surface area contributed by atoms with Crippen molar-refractivity contribution in [3.63, 3.8) is 0 Å². The predicted octanol–water partition coefficient (Wildman–Crippen LogP) is 2.84. The number of hydrogen-bond acceptors (Lipinski definition) is 4. The molecule has 0 aromatic carbocycles. The molecule has 0 amide bonds. The second-order valence-electron chi connectivity index (χ2n) is 4.25. The van der Waals surface area contributed by atoms with Crippen LogP contribution in [-0.2, 0) is 10.2 Å². The lowest BCUT2D eigenvalue weighted by atomic mass is 9.95. The van der Waals surface area contributed by atoms with Gasteiger partial charge in [-0.2, -0.15) is 0 Å². The van der Waals surface area contributed by atoms with E-state index in [0.717, 1.165) is 4.88 Å². The van der Waals surface area contributed by atoms with Crippen molar-refractivity contribution in [2.75, 3.05) is 14.2 Å². The molecule has 1 rings (SSSR count). The van der Waals surface area contributed by atoms with Crippen LogP contribution in [-0.4, -0.2) is 20.2 Å². The van der Waals surface area contributed by atoms with E-state index in [1.54, 1.807) is 7.11 Å². The van der Waals surface area contributed by atoms with E-state index >= 15 is 0 Å². The molecule has 4 heteroatoms. The summed E-state index contributed by atoms with van der Waals surface area (Å²) in [7, 11) is 2.93. The van der Waals surface area contributed by atoms with Crippen LogP contribution in [0.5, 0.6) is 5.75 Å². The molecule has 0 bridgehead atoms. The topological polar surface area (TPSA) is 35.5 Å². The minimum absolute atomic E-state index is 0.0181. The van der Waals surface area contributed by atoms with Crippen molar-refractivity contribution in [2.24, 2.45) is 0 Å². The fourth-order valence-electron chi connectivity index (χ4n) is 1.13. The van der Waals surface area contributed by atoms with Crippen molar-refractivity contribution in [1.29, 1.82) is 0 Å². The van der Waals surface area contributed by atoms with E-state index < -0.39 is 0 Å². The van der Waals surface area contributed by atoms with E-state index in [4.69, 9.17) is 9.47 Å². The zero-order valence-electron chi connectivity index (χ0n) is 9.71. The molecule has 1 aromatic rings. The molecule has 0 N–H and O–H groups in total. The highest BCUT2D eigenvalue weighted by molar-refractivity contribution is 7.14. The Bertz CT molecular complexity index is 360. The first kappa shape index (κ1) is 12.0. The van der Waals surface area contributed by atoms with Gasteiger partial charge in [-0.3, -0.25) is 0 Å². The average Bonchev–Trinajstić information content (AvgIpc) is 2.59. The van der Waals surface area contributed by atoms with Gasteiger partial charge in [0.2, 0.25) is 0 Å². The van der Waals surface area contributed by atoms with Gasteiger partial charge in [0.25, 0.3) is 0 Å². The summed E-state index contributed by atoms with van der Waals surface area (Å²) in [6.07, 6.45) is 0. The molecule has 0 saturated carbocycles. The molecule has 0 fully saturated rings. The Morgan fingerprint density at radius 1 is 1.33 bits per heavy atom. The SMILES string of the molecule is COC(=O)c1sc(C(C)(C)C)cc1OC. The molecular weight excluding hydrogens is 212 g/mol. The molecule has 1 aromatic heterocycles. The van der Waals surface area contributed by atoms with E-state index in [1.165, 1.54) is 18.4 Å². The molecule has 15 heavy (non-hydrogen) atoms. The highest BCUT2D eigenvalue weighted by Crippen LogP contribution is 2.36. The van der Waals surface area contributed by atoms with E-state index in [0.29, 0.717) is 10.6 Å². The minimum atomic E-state index is -0.340. The van der Waals surface area contributed by atoms with Gasteiger partial charge in [0.1, 0.15) is 5.75 Å². The third-order valence-electron chi connectivity index (χ3n) is 2.03. The monoisotopic (exact) mass is 228 g/mol. The molecule has 0 spiro atoms. The van der Waals surface area contributed by atoms with Gasteiger partial charge in [-0.15, -0.1) is 11.3 Å². The maximum absolute atomic E-state index is 11.4. The number of methoxy groups -OCH3 is 2. The Hall–Kier alpha value is -1.03. The molecule has 1 heterocycles. The summed E-state index contributed by atoms with van der Waals surface area (Å²) in [6, 6.07) is 1.90. The second-order valence-corrected chi connectivity index (χ2v) is 5.30. The third kappa shape index (κ3) is 2.50. The van der Waals surface area contributed by atoms with Crippen molar-refractivity contribution in [3.05, 3.63) is 15.8 Å². The van der Waals surface area contributed by atoms with E-state index in [9.17, 15) is 4.79 Å². The highest BCUT2D eigenvalue weighted by atomic mass is 32.1. The van der Waals surface area contributed by atoms with Crippen LogP contribution in [0.1, 0.15) is 35.3 Å². The number of thiophene rings is 1. The quantitative estimate of drug-likeness (QED) is 0.730. The molecule has 0 radical (unpaired) electrons. The molecule has 84 valence electrons. The van der Waals surface area contributed by atoms with Gasteiger partial charge in [0.15, 0.2) is 4.88 Å². The van der Waals surface area contributed by atoms with Crippen LogP contribution < -0.4 is 4.74 Å². The maximum Gasteiger partial charge on any atom is 0.351 e. The molecule has 0 aliphatic rings. The number of carbonyl (C=O) groups excluding carboxylic acids is 1. The Balaban J connectivity index is 3.17. The third-order valence-corrected chi connectivity index (χ3v) is 3.55. The van der Waals surface area contributed by atoms with Crippen LogP contribution in [0.4, 0.5) is 0 Å². The zero-order valence-corrected chi connectivity index (χ0v) is 10.5. The molecule has 3 nitrogen and oxygen atoms in total. The van der Waals surface area contributed by atoms with Crippen LogP contribution >= 0.6 is 11.3 Å². The van der Waals surface area contributed by atoms with Crippen LogP contribution in [0.3, 0.4) is 0 Å². The van der Waals surface area contributed by atoms with Gasteiger partial charge in [-0.05, 0) is 11.5 Å². The van der Waals surface area contributed by atoms with Crippen LogP contribution in [0.15, 0.2) is 6.07 Å². The van der Waals surface area contributed by atoms with E-state index in [1.807, 2.05) is 6.07 Å². The van der Waals surface area contributed by atoms with Crippen molar-refractivity contribution < 1.29 is 14.3 Å². The minimum Gasteiger partial charge on any atom is -0.495 e. The molecule has 0 unspecified atom stereocenters. The van der Waals surface area contributed by atoms with Gasteiger partial charge in [0, 0.05) is 4.88 Å². The normalized spacial score (nSPS) is 11.3. The van der Waals surface area contributed by atoms with E-state index in [2.05, 4.69) is 20.8 Å². The first-order valence-electron chi connectivity index (χ1n) is 4.66. The Kier molecular flexibility index (Phi) is 3.39. The summed E-state index contributed by atoms with van der Waals surface area (Å²) in [5, 5.41) is 0. The first-order valence-corrected chi connectivity index (χ1v) is 5.48. The summed E-state index contributed by atoms with van der Waals surface area (Å²) in [5.74, 6) is 0.254. The fraction of sp³-hybridized carbons (Fsp3) is 0.545. The Morgan fingerprint density at radius 2 is 1.93 bits per heavy atom. The van der Waals surface area contributed by atoms with Crippen LogP contribution in [0.25, 0.3) is 0 Å². The van der Waals surface area contributed by atoms with Crippen LogP contribution in [0.2, 0.25) is 0 Å². The number of ether oxygens (including phenoxy) is 2. The fourth-order valence-corrected chi connectivity index (χ4v) is 2.23. The zero-order chi connectivity index (χ0) is 11.6. The largest absolute Gasteiger partial charge is 0.495 e. The number of esters is 1. The smallest absolute Gasteiger partial charge is 0.351 e. The predicted molar refractivity (Wildman–Crippen MR) is 60.9 cm³/mol. The van der Waals surface area contributed by atoms with Gasteiger partial charge in [0.05, 0.1) is 14.2 Å². The molecule has 0 aliphatic carbocycles. The second kappa shape index (κ2) is 4.23. The lowest BCUT2D eigenvalue weighted by Gasteiger charge is -2.14. The number of hydrogen-bond donors (Lipinski definition) is 0. The highest BCUT2D eigenvalue weighted by Gasteiger charge is 2.23. The molecular formula is C11H16O3S. The lowest BCUT2D eigenvalue weighted by molar-refractivity contribution is 0.0603. The lowest BCUT2D eigenvalue weighted by Crippen LogP contribution is -2.08. The van der Waals surface area contributed by atoms with E-state index in [-0.39, 0.29) is 11.4 Å². The van der Waals surface area contributed by atoms with Crippen molar-refractivity contribution in [1.82, 2.24) is 0 Å². The summed E-state index contributed by atoms with van der Waals surface area (Å²) in [5.41, 5.74) is 0.0181. The van der Waals surface area contributed by atoms with Crippen molar-refractivity contribution in [3.8, 4) is 5.75 Å². The Labute approximate surface area is 94.0 Å². The molecule has 0 saturated heterocycles. The maximum atomic E-state index is 11.4. The first-order chi connectivity index (χ1) is 6.90. The average molecular weight is 228 g/mol.